The molecule has 2 N–H and O–H groups in total. The van der Waals surface area contributed by atoms with Crippen molar-refractivity contribution in [2.75, 3.05) is 0 Å². The smallest absolute Gasteiger partial charge is 0.291 e. The van der Waals surface area contributed by atoms with Crippen LogP contribution >= 0.6 is 15.9 Å². The number of benzene rings is 1. The molecule has 0 unspecified atom stereocenters. The summed E-state index contributed by atoms with van der Waals surface area (Å²) >= 11 is 3.38. The highest BCUT2D eigenvalue weighted by atomic mass is 79.9. The number of halogens is 1. The second-order valence-electron chi connectivity index (χ2n) is 3.56. The predicted molar refractivity (Wildman–Crippen MR) is 66.4 cm³/mol. The molecule has 1 heterocycles. The standard InChI is InChI=1S/C11H11BrN4O/c1-7-14-10(16-15-7)11(17)13-6-8-3-2-4-9(12)5-8/h2-5H,6H2,1H3,(H,13,17)(H,14,15,16). The van der Waals surface area contributed by atoms with Crippen molar-refractivity contribution < 1.29 is 4.79 Å². The molecule has 1 aromatic heterocycles. The van der Waals surface area contributed by atoms with E-state index < -0.39 is 0 Å². The van der Waals surface area contributed by atoms with Gasteiger partial charge >= 0.3 is 0 Å². The highest BCUT2D eigenvalue weighted by Gasteiger charge is 2.10. The Morgan fingerprint density at radius 2 is 2.35 bits per heavy atom. The first kappa shape index (κ1) is 11.8. The summed E-state index contributed by atoms with van der Waals surface area (Å²) in [6, 6.07) is 7.74. The third kappa shape index (κ3) is 3.13. The molecule has 0 spiro atoms. The second kappa shape index (κ2) is 5.09. The second-order valence-corrected chi connectivity index (χ2v) is 4.47. The van der Waals surface area contributed by atoms with Crippen molar-refractivity contribution in [2.45, 2.75) is 13.5 Å². The summed E-state index contributed by atoms with van der Waals surface area (Å²) in [5.41, 5.74) is 1.01. The Labute approximate surface area is 107 Å². The van der Waals surface area contributed by atoms with Crippen LogP contribution in [0, 0.1) is 6.92 Å². The van der Waals surface area contributed by atoms with Crippen molar-refractivity contribution >= 4 is 21.8 Å². The number of aromatic nitrogens is 3. The maximum atomic E-state index is 11.6. The van der Waals surface area contributed by atoms with Crippen molar-refractivity contribution in [3.63, 3.8) is 0 Å². The van der Waals surface area contributed by atoms with Crippen LogP contribution in [0.15, 0.2) is 28.7 Å². The Bertz CT molecular complexity index is 538. The van der Waals surface area contributed by atoms with Crippen molar-refractivity contribution in [2.24, 2.45) is 0 Å². The molecule has 1 aromatic carbocycles. The number of carbonyl (C=O) groups excluding carboxylic acids is 1. The molecule has 5 nitrogen and oxygen atoms in total. The Hall–Kier alpha value is -1.69. The molecule has 0 fully saturated rings. The minimum Gasteiger partial charge on any atom is -0.345 e. The van der Waals surface area contributed by atoms with E-state index in [9.17, 15) is 4.79 Å². The first-order valence-corrected chi connectivity index (χ1v) is 5.86. The molecule has 0 atom stereocenters. The normalized spacial score (nSPS) is 10.2. The van der Waals surface area contributed by atoms with Crippen LogP contribution in [-0.4, -0.2) is 21.1 Å². The number of H-pyrrole nitrogens is 1. The van der Waals surface area contributed by atoms with E-state index in [1.54, 1.807) is 6.92 Å². The Kier molecular flexibility index (Phi) is 3.53. The maximum absolute atomic E-state index is 11.6. The molecule has 0 saturated heterocycles. The van der Waals surface area contributed by atoms with Crippen LogP contribution in [0.2, 0.25) is 0 Å². The molecule has 0 saturated carbocycles. The number of aromatic amines is 1. The van der Waals surface area contributed by atoms with Crippen LogP contribution < -0.4 is 5.32 Å². The summed E-state index contributed by atoms with van der Waals surface area (Å²) in [4.78, 5) is 15.6. The lowest BCUT2D eigenvalue weighted by molar-refractivity contribution is 0.0941. The van der Waals surface area contributed by atoms with Crippen molar-refractivity contribution in [3.05, 3.63) is 46.0 Å². The van der Waals surface area contributed by atoms with E-state index in [2.05, 4.69) is 36.4 Å². The van der Waals surface area contributed by atoms with E-state index in [0.29, 0.717) is 12.4 Å². The monoisotopic (exact) mass is 294 g/mol. The number of nitrogens with zero attached hydrogens (tertiary/aromatic N) is 2. The molecule has 88 valence electrons. The third-order valence-corrected chi connectivity index (χ3v) is 2.64. The Balaban J connectivity index is 1.97. The highest BCUT2D eigenvalue weighted by Crippen LogP contribution is 2.11. The molecule has 17 heavy (non-hydrogen) atoms. The number of carbonyl (C=O) groups is 1. The summed E-state index contributed by atoms with van der Waals surface area (Å²) in [6.45, 7) is 2.20. The fourth-order valence-electron chi connectivity index (χ4n) is 1.35. The van der Waals surface area contributed by atoms with Gasteiger partial charge in [-0.2, -0.15) is 0 Å². The topological polar surface area (TPSA) is 70.7 Å². The zero-order chi connectivity index (χ0) is 12.3. The zero-order valence-corrected chi connectivity index (χ0v) is 10.8. The van der Waals surface area contributed by atoms with Crippen LogP contribution in [0.1, 0.15) is 22.0 Å². The van der Waals surface area contributed by atoms with Gasteiger partial charge in [-0.05, 0) is 24.6 Å². The molecule has 6 heteroatoms. The van der Waals surface area contributed by atoms with Gasteiger partial charge in [0.15, 0.2) is 0 Å². The first-order valence-electron chi connectivity index (χ1n) is 5.07. The third-order valence-electron chi connectivity index (χ3n) is 2.14. The van der Waals surface area contributed by atoms with Crippen molar-refractivity contribution in [1.29, 1.82) is 0 Å². The van der Waals surface area contributed by atoms with Crippen LogP contribution in [0.5, 0.6) is 0 Å². The van der Waals surface area contributed by atoms with E-state index in [1.807, 2.05) is 24.3 Å². The summed E-state index contributed by atoms with van der Waals surface area (Å²) < 4.78 is 0.984. The Morgan fingerprint density at radius 3 is 3.00 bits per heavy atom. The fourth-order valence-corrected chi connectivity index (χ4v) is 1.80. The summed E-state index contributed by atoms with van der Waals surface area (Å²) in [5, 5.41) is 9.17. The van der Waals surface area contributed by atoms with Gasteiger partial charge in [-0.25, -0.2) is 4.98 Å². The molecule has 2 aromatic rings. The fraction of sp³-hybridized carbons (Fsp3) is 0.182. The van der Waals surface area contributed by atoms with Gasteiger partial charge in [0.05, 0.1) is 0 Å². The van der Waals surface area contributed by atoms with Gasteiger partial charge in [0, 0.05) is 11.0 Å². The van der Waals surface area contributed by atoms with Gasteiger partial charge in [-0.1, -0.05) is 28.1 Å². The summed E-state index contributed by atoms with van der Waals surface area (Å²) in [6.07, 6.45) is 0. The number of hydrogen-bond acceptors (Lipinski definition) is 3. The SMILES string of the molecule is Cc1nc(C(=O)NCc2cccc(Br)c2)n[nH]1. The van der Waals surface area contributed by atoms with Gasteiger partial charge in [0.2, 0.25) is 5.82 Å². The minimum absolute atomic E-state index is 0.164. The van der Waals surface area contributed by atoms with Crippen molar-refractivity contribution in [3.8, 4) is 0 Å². The summed E-state index contributed by atoms with van der Waals surface area (Å²) in [7, 11) is 0. The number of amides is 1. The molecule has 0 aliphatic heterocycles. The van der Waals surface area contributed by atoms with Gasteiger partial charge in [-0.3, -0.25) is 9.89 Å². The average molecular weight is 295 g/mol. The molecule has 2 rings (SSSR count). The van der Waals surface area contributed by atoms with Crippen LogP contribution in [0.3, 0.4) is 0 Å². The largest absolute Gasteiger partial charge is 0.345 e. The van der Waals surface area contributed by atoms with Crippen molar-refractivity contribution in [1.82, 2.24) is 20.5 Å². The number of nitrogens with one attached hydrogen (secondary N) is 2. The van der Waals surface area contributed by atoms with Gasteiger partial charge < -0.3 is 5.32 Å². The molecule has 0 aliphatic carbocycles. The van der Waals surface area contributed by atoms with Crippen LogP contribution in [-0.2, 0) is 6.54 Å². The lowest BCUT2D eigenvalue weighted by Gasteiger charge is -2.03. The molecule has 0 radical (unpaired) electrons. The first-order chi connectivity index (χ1) is 8.15. The highest BCUT2D eigenvalue weighted by molar-refractivity contribution is 9.10. The number of rotatable bonds is 3. The molecular formula is C11H11BrN4O. The average Bonchev–Trinajstić information content (AvgIpc) is 2.73. The molecule has 0 bridgehead atoms. The van der Waals surface area contributed by atoms with Crippen LogP contribution in [0.25, 0.3) is 0 Å². The van der Waals surface area contributed by atoms with Crippen LogP contribution in [0.4, 0.5) is 0 Å². The predicted octanol–water partition coefficient (Wildman–Crippen LogP) is 1.81. The molecule has 1 amide bonds. The van der Waals surface area contributed by atoms with Gasteiger partial charge in [-0.15, -0.1) is 5.10 Å². The number of aryl methyl sites for hydroxylation is 1. The van der Waals surface area contributed by atoms with Gasteiger partial charge in [0.25, 0.3) is 5.91 Å². The Morgan fingerprint density at radius 1 is 1.53 bits per heavy atom. The summed E-state index contributed by atoms with van der Waals surface area (Å²) in [5.74, 6) is 0.504. The number of hydrogen-bond donors (Lipinski definition) is 2. The lowest BCUT2D eigenvalue weighted by atomic mass is 10.2. The minimum atomic E-state index is -0.283. The van der Waals surface area contributed by atoms with E-state index in [4.69, 9.17) is 0 Å². The lowest BCUT2D eigenvalue weighted by Crippen LogP contribution is -2.24. The van der Waals surface area contributed by atoms with E-state index in [0.717, 1.165) is 10.0 Å². The van der Waals surface area contributed by atoms with E-state index >= 15 is 0 Å². The quantitative estimate of drug-likeness (QED) is 0.907. The molecule has 0 aliphatic rings. The van der Waals surface area contributed by atoms with Gasteiger partial charge in [0.1, 0.15) is 5.82 Å². The van der Waals surface area contributed by atoms with E-state index in [1.165, 1.54) is 0 Å². The van der Waals surface area contributed by atoms with E-state index in [-0.39, 0.29) is 11.7 Å². The zero-order valence-electron chi connectivity index (χ0n) is 9.20. The maximum Gasteiger partial charge on any atom is 0.291 e. The molecular weight excluding hydrogens is 284 g/mol.